The fraction of sp³-hybridized carbons (Fsp3) is 0.312. The van der Waals surface area contributed by atoms with E-state index in [-0.39, 0.29) is 17.2 Å². The Morgan fingerprint density at radius 3 is 2.36 bits per heavy atom. The van der Waals surface area contributed by atoms with Crippen molar-refractivity contribution < 1.29 is 9.31 Å². The summed E-state index contributed by atoms with van der Waals surface area (Å²) >= 11 is 0. The Labute approximate surface area is 242 Å². The van der Waals surface area contributed by atoms with Gasteiger partial charge < -0.3 is 19.3 Å². The Morgan fingerprint density at radius 2 is 1.67 bits per heavy atom. The SMILES string of the molecule is Cc1cc2c(N3CCN(C)c4ccc(C#N)cc43)cc(C3CCN(c4ccc([N+](=O)[O-])cc4F)CC3)cc2n(C)c1=O. The number of aryl methyl sites for hydroxylation is 2. The van der Waals surface area contributed by atoms with Crippen LogP contribution in [0.25, 0.3) is 10.9 Å². The summed E-state index contributed by atoms with van der Waals surface area (Å²) in [7, 11) is 3.85. The molecule has 2 aliphatic rings. The molecular weight excluding hydrogens is 535 g/mol. The molecular formula is C32H31FN6O3. The maximum absolute atomic E-state index is 14.8. The molecule has 3 aromatic carbocycles. The van der Waals surface area contributed by atoms with Gasteiger partial charge in [-0.1, -0.05) is 0 Å². The van der Waals surface area contributed by atoms with Gasteiger partial charge in [0.2, 0.25) is 0 Å². The number of nitrogens with zero attached hydrogens (tertiary/aromatic N) is 6. The molecule has 0 N–H and O–H groups in total. The van der Waals surface area contributed by atoms with Crippen molar-refractivity contribution in [1.29, 1.82) is 5.26 Å². The lowest BCUT2D eigenvalue weighted by atomic mass is 9.87. The molecule has 2 aliphatic heterocycles. The number of piperidine rings is 1. The monoisotopic (exact) mass is 566 g/mol. The van der Waals surface area contributed by atoms with E-state index in [4.69, 9.17) is 0 Å². The van der Waals surface area contributed by atoms with Crippen LogP contribution in [0.2, 0.25) is 0 Å². The van der Waals surface area contributed by atoms with E-state index in [1.54, 1.807) is 11.6 Å². The van der Waals surface area contributed by atoms with E-state index in [1.165, 1.54) is 12.1 Å². The average molecular weight is 567 g/mol. The zero-order chi connectivity index (χ0) is 29.7. The van der Waals surface area contributed by atoms with Gasteiger partial charge in [-0.15, -0.1) is 0 Å². The molecule has 42 heavy (non-hydrogen) atoms. The number of anilines is 4. The molecule has 0 aliphatic carbocycles. The summed E-state index contributed by atoms with van der Waals surface area (Å²) in [6.07, 6.45) is 1.53. The molecule has 0 amide bonds. The second-order valence-electron chi connectivity index (χ2n) is 11.2. The van der Waals surface area contributed by atoms with Crippen LogP contribution in [0.3, 0.4) is 0 Å². The summed E-state index contributed by atoms with van der Waals surface area (Å²) in [5.74, 6) is -0.411. The highest BCUT2D eigenvalue weighted by Crippen LogP contribution is 2.43. The lowest BCUT2D eigenvalue weighted by Crippen LogP contribution is -2.37. The molecule has 4 aromatic rings. The number of nitro groups is 1. The fourth-order valence-corrected chi connectivity index (χ4v) is 6.37. The van der Waals surface area contributed by atoms with Crippen LogP contribution in [0.15, 0.2) is 59.4 Å². The van der Waals surface area contributed by atoms with Crippen LogP contribution < -0.4 is 20.3 Å². The molecule has 1 aromatic heterocycles. The molecule has 1 saturated heterocycles. The quantitative estimate of drug-likeness (QED) is 0.230. The Bertz CT molecular complexity index is 1840. The lowest BCUT2D eigenvalue weighted by molar-refractivity contribution is -0.385. The van der Waals surface area contributed by atoms with Crippen molar-refractivity contribution in [2.45, 2.75) is 25.7 Å². The number of hydrogen-bond acceptors (Lipinski definition) is 7. The maximum Gasteiger partial charge on any atom is 0.272 e. The minimum Gasteiger partial charge on any atom is -0.371 e. The first kappa shape index (κ1) is 27.3. The van der Waals surface area contributed by atoms with Gasteiger partial charge in [0.05, 0.1) is 50.9 Å². The number of benzene rings is 3. The summed E-state index contributed by atoms with van der Waals surface area (Å²) in [5.41, 5.74) is 6.27. The Balaban J connectivity index is 1.40. The van der Waals surface area contributed by atoms with Gasteiger partial charge in [-0.25, -0.2) is 4.39 Å². The van der Waals surface area contributed by atoms with Crippen molar-refractivity contribution in [1.82, 2.24) is 4.57 Å². The fourth-order valence-electron chi connectivity index (χ4n) is 6.37. The average Bonchev–Trinajstić information content (AvgIpc) is 3.00. The van der Waals surface area contributed by atoms with Crippen molar-refractivity contribution in [3.05, 3.63) is 97.6 Å². The van der Waals surface area contributed by atoms with E-state index >= 15 is 0 Å². The first-order chi connectivity index (χ1) is 20.2. The van der Waals surface area contributed by atoms with Gasteiger partial charge in [-0.2, -0.15) is 5.26 Å². The van der Waals surface area contributed by atoms with Crippen molar-refractivity contribution in [3.8, 4) is 6.07 Å². The maximum atomic E-state index is 14.8. The van der Waals surface area contributed by atoms with Crippen LogP contribution in [-0.2, 0) is 7.05 Å². The highest BCUT2D eigenvalue weighted by molar-refractivity contribution is 5.97. The van der Waals surface area contributed by atoms with Gasteiger partial charge in [0, 0.05) is 57.3 Å². The summed E-state index contributed by atoms with van der Waals surface area (Å²) in [6, 6.07) is 18.1. The number of halogens is 1. The number of non-ortho nitro benzene ring substituents is 1. The molecule has 1 fully saturated rings. The predicted octanol–water partition coefficient (Wildman–Crippen LogP) is 5.74. The summed E-state index contributed by atoms with van der Waals surface area (Å²) < 4.78 is 16.5. The third-order valence-electron chi connectivity index (χ3n) is 8.73. The normalized spacial score (nSPS) is 15.5. The number of aromatic nitrogens is 1. The second kappa shape index (κ2) is 10.5. The highest BCUT2D eigenvalue weighted by Gasteiger charge is 2.28. The number of likely N-dealkylation sites (N-methyl/N-ethyl adjacent to an activating group) is 1. The Hall–Kier alpha value is -4.91. The smallest absolute Gasteiger partial charge is 0.272 e. The molecule has 214 valence electrons. The van der Waals surface area contributed by atoms with Gasteiger partial charge in [0.1, 0.15) is 0 Å². The molecule has 0 bridgehead atoms. The number of nitriles is 1. The number of fused-ring (bicyclic) bond motifs is 2. The highest BCUT2D eigenvalue weighted by atomic mass is 19.1. The molecule has 0 radical (unpaired) electrons. The Kier molecular flexibility index (Phi) is 6.81. The number of pyridine rings is 1. The van der Waals surface area contributed by atoms with Crippen LogP contribution in [-0.4, -0.2) is 42.7 Å². The summed E-state index contributed by atoms with van der Waals surface area (Å²) in [5, 5.41) is 21.6. The molecule has 9 nitrogen and oxygen atoms in total. The van der Waals surface area contributed by atoms with Crippen LogP contribution in [0, 0.1) is 34.2 Å². The first-order valence-electron chi connectivity index (χ1n) is 14.0. The summed E-state index contributed by atoms with van der Waals surface area (Å²) in [6.45, 7) is 4.55. The zero-order valence-corrected chi connectivity index (χ0v) is 23.8. The van der Waals surface area contributed by atoms with Crippen molar-refractivity contribution in [2.24, 2.45) is 7.05 Å². The molecule has 6 rings (SSSR count). The number of rotatable bonds is 4. The molecule has 0 atom stereocenters. The minimum absolute atomic E-state index is 0.0420. The summed E-state index contributed by atoms with van der Waals surface area (Å²) in [4.78, 5) is 29.8. The minimum atomic E-state index is -0.592. The van der Waals surface area contributed by atoms with E-state index in [9.17, 15) is 24.6 Å². The predicted molar refractivity (Wildman–Crippen MR) is 163 cm³/mol. The van der Waals surface area contributed by atoms with E-state index in [0.717, 1.165) is 65.5 Å². The van der Waals surface area contributed by atoms with Gasteiger partial charge in [0.15, 0.2) is 5.82 Å². The molecule has 3 heterocycles. The van der Waals surface area contributed by atoms with Gasteiger partial charge in [0.25, 0.3) is 11.2 Å². The molecule has 0 saturated carbocycles. The number of hydrogen-bond donors (Lipinski definition) is 0. The van der Waals surface area contributed by atoms with E-state index in [0.29, 0.717) is 29.9 Å². The van der Waals surface area contributed by atoms with Crippen molar-refractivity contribution >= 4 is 39.3 Å². The van der Waals surface area contributed by atoms with E-state index < -0.39 is 10.7 Å². The zero-order valence-electron chi connectivity index (χ0n) is 23.8. The van der Waals surface area contributed by atoms with Crippen LogP contribution in [0.4, 0.5) is 32.8 Å². The third-order valence-corrected chi connectivity index (χ3v) is 8.73. The second-order valence-corrected chi connectivity index (χ2v) is 11.2. The molecule has 0 spiro atoms. The molecule has 0 unspecified atom stereocenters. The van der Waals surface area contributed by atoms with Crippen LogP contribution in [0.1, 0.15) is 35.4 Å². The van der Waals surface area contributed by atoms with E-state index in [1.807, 2.05) is 43.1 Å². The van der Waals surface area contributed by atoms with Crippen molar-refractivity contribution in [2.75, 3.05) is 47.9 Å². The van der Waals surface area contributed by atoms with Crippen LogP contribution in [0.5, 0.6) is 0 Å². The number of nitro benzene ring substituents is 1. The first-order valence-corrected chi connectivity index (χ1v) is 14.0. The van der Waals surface area contributed by atoms with E-state index in [2.05, 4.69) is 28.0 Å². The van der Waals surface area contributed by atoms with Gasteiger partial charge in [-0.05, 0) is 73.7 Å². The van der Waals surface area contributed by atoms with Crippen LogP contribution >= 0.6 is 0 Å². The molecule has 10 heteroatoms. The lowest BCUT2D eigenvalue weighted by Gasteiger charge is -2.38. The largest absolute Gasteiger partial charge is 0.371 e. The Morgan fingerprint density at radius 1 is 0.929 bits per heavy atom. The van der Waals surface area contributed by atoms with Gasteiger partial charge >= 0.3 is 0 Å². The third kappa shape index (κ3) is 4.61. The van der Waals surface area contributed by atoms with Crippen molar-refractivity contribution in [3.63, 3.8) is 0 Å². The van der Waals surface area contributed by atoms with Gasteiger partial charge in [-0.3, -0.25) is 14.9 Å². The standard InChI is InChI=1S/C32H31FN6O3/c1-20-14-25-29(36(3)32(20)40)16-23(17-30(25)38-13-12-35(2)28-6-4-21(19-34)15-31(28)38)22-8-10-37(11-9-22)27-7-5-24(39(41)42)18-26(27)33/h4-7,14-18,22H,8-13H2,1-3H3. The topological polar surface area (TPSA) is 98.6 Å².